The molecule has 1 heterocycles. The summed E-state index contributed by atoms with van der Waals surface area (Å²) >= 11 is 0. The van der Waals surface area contributed by atoms with Crippen LogP contribution in [-0.2, 0) is 9.53 Å². The van der Waals surface area contributed by atoms with E-state index in [4.69, 9.17) is 5.73 Å². The van der Waals surface area contributed by atoms with Crippen molar-refractivity contribution in [3.05, 3.63) is 0 Å². The molecule has 100 valence electrons. The van der Waals surface area contributed by atoms with E-state index in [0.29, 0.717) is 12.5 Å². The van der Waals surface area contributed by atoms with E-state index < -0.39 is 11.6 Å². The molecule has 0 aliphatic carbocycles. The molecule has 3 N–H and O–H groups in total. The van der Waals surface area contributed by atoms with Gasteiger partial charge in [0.15, 0.2) is 5.60 Å². The van der Waals surface area contributed by atoms with Gasteiger partial charge < -0.3 is 15.6 Å². The Labute approximate surface area is 103 Å². The fourth-order valence-corrected chi connectivity index (χ4v) is 2.39. The number of nitrogens with two attached hydrogens (primary N) is 1. The van der Waals surface area contributed by atoms with Crippen LogP contribution in [0.1, 0.15) is 26.2 Å². The molecule has 0 spiro atoms. The maximum atomic E-state index is 11.4. The summed E-state index contributed by atoms with van der Waals surface area (Å²) in [6.07, 6.45) is 3.25. The Hall–Kier alpha value is -0.650. The van der Waals surface area contributed by atoms with Crippen molar-refractivity contribution < 1.29 is 14.6 Å². The lowest BCUT2D eigenvalue weighted by molar-refractivity contribution is -0.162. The van der Waals surface area contributed by atoms with Crippen molar-refractivity contribution in [3.63, 3.8) is 0 Å². The van der Waals surface area contributed by atoms with E-state index >= 15 is 0 Å². The highest BCUT2D eigenvalue weighted by molar-refractivity contribution is 5.78. The van der Waals surface area contributed by atoms with Gasteiger partial charge in [0.25, 0.3) is 0 Å². The van der Waals surface area contributed by atoms with Gasteiger partial charge >= 0.3 is 5.97 Å². The number of esters is 1. The predicted octanol–water partition coefficient (Wildman–Crippen LogP) is -0.0288. The first kappa shape index (κ1) is 14.4. The van der Waals surface area contributed by atoms with Gasteiger partial charge in [-0.05, 0) is 51.7 Å². The van der Waals surface area contributed by atoms with Crippen LogP contribution in [0.5, 0.6) is 0 Å². The van der Waals surface area contributed by atoms with Crippen LogP contribution in [-0.4, -0.2) is 54.9 Å². The third-order valence-corrected chi connectivity index (χ3v) is 3.44. The van der Waals surface area contributed by atoms with Crippen LogP contribution in [0.2, 0.25) is 0 Å². The van der Waals surface area contributed by atoms with E-state index in [1.165, 1.54) is 14.0 Å². The van der Waals surface area contributed by atoms with Crippen molar-refractivity contribution in [2.45, 2.75) is 31.8 Å². The average Bonchev–Trinajstić information content (AvgIpc) is 2.30. The summed E-state index contributed by atoms with van der Waals surface area (Å²) in [5.74, 6) is 0.126. The minimum atomic E-state index is -1.41. The number of nitrogens with zero attached hydrogens (tertiary/aromatic N) is 1. The number of hydrogen-bond acceptors (Lipinski definition) is 5. The smallest absolute Gasteiger partial charge is 0.338 e. The molecular weight excluding hydrogens is 220 g/mol. The molecule has 0 radical (unpaired) electrons. The predicted molar refractivity (Wildman–Crippen MR) is 65.5 cm³/mol. The minimum absolute atomic E-state index is 0.342. The Morgan fingerprint density at radius 1 is 1.53 bits per heavy atom. The van der Waals surface area contributed by atoms with Gasteiger partial charge in [0.1, 0.15) is 0 Å². The largest absolute Gasteiger partial charge is 0.467 e. The second-order valence-corrected chi connectivity index (χ2v) is 5.06. The normalized spacial score (nSPS) is 22.1. The zero-order valence-corrected chi connectivity index (χ0v) is 10.8. The standard InChI is InChI=1S/C12H24N2O3/c1-12(16,11(15)17-2)9-14-7-4-10(3-6-13)5-8-14/h10,16H,3-9,13H2,1-2H3. The summed E-state index contributed by atoms with van der Waals surface area (Å²) in [5, 5.41) is 9.97. The van der Waals surface area contributed by atoms with Crippen LogP contribution >= 0.6 is 0 Å². The molecule has 1 rings (SSSR count). The average molecular weight is 244 g/mol. The summed E-state index contributed by atoms with van der Waals surface area (Å²) in [6.45, 7) is 4.42. The highest BCUT2D eigenvalue weighted by Gasteiger charge is 2.34. The van der Waals surface area contributed by atoms with Gasteiger partial charge in [0.2, 0.25) is 0 Å². The van der Waals surface area contributed by atoms with Crippen molar-refractivity contribution in [1.82, 2.24) is 4.90 Å². The number of piperidine rings is 1. The Kier molecular flexibility index (Phi) is 5.36. The summed E-state index contributed by atoms with van der Waals surface area (Å²) in [4.78, 5) is 13.5. The van der Waals surface area contributed by atoms with Crippen molar-refractivity contribution in [2.75, 3.05) is 33.3 Å². The molecule has 0 aromatic heterocycles. The minimum Gasteiger partial charge on any atom is -0.467 e. The van der Waals surface area contributed by atoms with Crippen LogP contribution in [0.15, 0.2) is 0 Å². The Morgan fingerprint density at radius 2 is 2.12 bits per heavy atom. The maximum Gasteiger partial charge on any atom is 0.338 e. The molecule has 0 amide bonds. The molecule has 5 heteroatoms. The zero-order valence-electron chi connectivity index (χ0n) is 10.8. The van der Waals surface area contributed by atoms with E-state index in [1.54, 1.807) is 0 Å². The number of carbonyl (C=O) groups excluding carboxylic acids is 1. The highest BCUT2D eigenvalue weighted by atomic mass is 16.5. The Morgan fingerprint density at radius 3 is 2.59 bits per heavy atom. The lowest BCUT2D eigenvalue weighted by atomic mass is 9.92. The van der Waals surface area contributed by atoms with Crippen LogP contribution in [0, 0.1) is 5.92 Å². The second kappa shape index (κ2) is 6.33. The van der Waals surface area contributed by atoms with E-state index in [-0.39, 0.29) is 0 Å². The Balaban J connectivity index is 2.37. The first-order chi connectivity index (χ1) is 7.99. The van der Waals surface area contributed by atoms with Gasteiger partial charge in [-0.2, -0.15) is 0 Å². The molecule has 1 fully saturated rings. The van der Waals surface area contributed by atoms with Gasteiger partial charge in [0, 0.05) is 6.54 Å². The number of likely N-dealkylation sites (tertiary alicyclic amines) is 1. The van der Waals surface area contributed by atoms with E-state index in [9.17, 15) is 9.90 Å². The van der Waals surface area contributed by atoms with Crippen LogP contribution in [0.25, 0.3) is 0 Å². The topological polar surface area (TPSA) is 75.8 Å². The monoisotopic (exact) mass is 244 g/mol. The number of β-amino-alcohol motifs (C(OH)–C–C–N with tert-alkyl or cyclic N) is 1. The van der Waals surface area contributed by atoms with Gasteiger partial charge in [-0.3, -0.25) is 4.90 Å². The van der Waals surface area contributed by atoms with Gasteiger partial charge in [-0.15, -0.1) is 0 Å². The molecule has 5 nitrogen and oxygen atoms in total. The molecule has 1 saturated heterocycles. The van der Waals surface area contributed by atoms with Crippen molar-refractivity contribution in [3.8, 4) is 0 Å². The molecule has 1 unspecified atom stereocenters. The molecule has 0 aromatic rings. The lowest BCUT2D eigenvalue weighted by Crippen LogP contribution is -2.49. The fraction of sp³-hybridized carbons (Fsp3) is 0.917. The summed E-state index contributed by atoms with van der Waals surface area (Å²) in [5.41, 5.74) is 4.13. The molecule has 0 saturated carbocycles. The number of methoxy groups -OCH3 is 1. The molecule has 1 aliphatic rings. The molecule has 1 atom stereocenters. The zero-order chi connectivity index (χ0) is 12.9. The first-order valence-electron chi connectivity index (χ1n) is 6.23. The lowest BCUT2D eigenvalue weighted by Gasteiger charge is -2.35. The van der Waals surface area contributed by atoms with E-state index in [0.717, 1.165) is 38.9 Å². The second-order valence-electron chi connectivity index (χ2n) is 5.06. The molecule has 17 heavy (non-hydrogen) atoms. The highest BCUT2D eigenvalue weighted by Crippen LogP contribution is 2.21. The molecular formula is C12H24N2O3. The quantitative estimate of drug-likeness (QED) is 0.664. The van der Waals surface area contributed by atoms with Crippen molar-refractivity contribution in [1.29, 1.82) is 0 Å². The SMILES string of the molecule is COC(=O)C(C)(O)CN1CCC(CCN)CC1. The van der Waals surface area contributed by atoms with E-state index in [2.05, 4.69) is 9.64 Å². The summed E-state index contributed by atoms with van der Waals surface area (Å²) < 4.78 is 4.58. The third-order valence-electron chi connectivity index (χ3n) is 3.44. The molecule has 1 aliphatic heterocycles. The fourth-order valence-electron chi connectivity index (χ4n) is 2.39. The van der Waals surface area contributed by atoms with Gasteiger partial charge in [-0.25, -0.2) is 4.79 Å². The number of carbonyl (C=O) groups is 1. The number of aliphatic hydroxyl groups is 1. The van der Waals surface area contributed by atoms with Crippen molar-refractivity contribution in [2.24, 2.45) is 11.7 Å². The van der Waals surface area contributed by atoms with Crippen molar-refractivity contribution >= 4 is 5.97 Å². The third kappa shape index (κ3) is 4.26. The Bertz CT molecular complexity index is 248. The van der Waals surface area contributed by atoms with Crippen LogP contribution in [0.3, 0.4) is 0 Å². The first-order valence-corrected chi connectivity index (χ1v) is 6.23. The molecule has 0 aromatic carbocycles. The summed E-state index contributed by atoms with van der Waals surface area (Å²) in [6, 6.07) is 0. The van der Waals surface area contributed by atoms with Gasteiger partial charge in [-0.1, -0.05) is 0 Å². The van der Waals surface area contributed by atoms with Gasteiger partial charge in [0.05, 0.1) is 7.11 Å². The maximum absolute atomic E-state index is 11.4. The number of rotatable bonds is 5. The summed E-state index contributed by atoms with van der Waals surface area (Å²) in [7, 11) is 1.30. The van der Waals surface area contributed by atoms with Crippen LogP contribution in [0.4, 0.5) is 0 Å². The number of ether oxygens (including phenoxy) is 1. The van der Waals surface area contributed by atoms with Crippen LogP contribution < -0.4 is 5.73 Å². The van der Waals surface area contributed by atoms with E-state index in [1.807, 2.05) is 0 Å². The number of hydrogen-bond donors (Lipinski definition) is 2. The molecule has 0 bridgehead atoms.